The van der Waals surface area contributed by atoms with Gasteiger partial charge in [-0.3, -0.25) is 9.59 Å². The Morgan fingerprint density at radius 2 is 1.89 bits per heavy atom. The fraction of sp³-hybridized carbons (Fsp3) is 0.385. The van der Waals surface area contributed by atoms with E-state index in [4.69, 9.17) is 0 Å². The second kappa shape index (κ2) is 4.40. The molecule has 18 heavy (non-hydrogen) atoms. The lowest BCUT2D eigenvalue weighted by Crippen LogP contribution is -2.53. The van der Waals surface area contributed by atoms with E-state index >= 15 is 0 Å². The maximum absolute atomic E-state index is 12.3. The van der Waals surface area contributed by atoms with Crippen LogP contribution in [-0.4, -0.2) is 33.4 Å². The largest absolute Gasteiger partial charge is 0.615 e. The molecule has 1 unspecified atom stereocenters. The molecule has 0 saturated heterocycles. The van der Waals surface area contributed by atoms with E-state index in [-0.39, 0.29) is 17.7 Å². The van der Waals surface area contributed by atoms with Crippen molar-refractivity contribution >= 4 is 23.0 Å². The number of amides is 2. The third-order valence-corrected chi connectivity index (χ3v) is 3.79. The lowest BCUT2D eigenvalue weighted by Gasteiger charge is -2.36. The molecule has 0 fully saturated rings. The van der Waals surface area contributed by atoms with E-state index in [2.05, 4.69) is 0 Å². The van der Waals surface area contributed by atoms with Crippen molar-refractivity contribution in [3.05, 3.63) is 35.4 Å². The maximum atomic E-state index is 12.3. The molecule has 96 valence electrons. The van der Waals surface area contributed by atoms with Crippen LogP contribution < -0.4 is 0 Å². The molecule has 1 heterocycles. The number of hydrogen-bond acceptors (Lipinski definition) is 3. The van der Waals surface area contributed by atoms with Crippen LogP contribution in [0.3, 0.4) is 0 Å². The van der Waals surface area contributed by atoms with E-state index in [1.54, 1.807) is 32.0 Å². The van der Waals surface area contributed by atoms with E-state index in [1.165, 1.54) is 6.26 Å². The number of nitrogens with zero attached hydrogens (tertiary/aromatic N) is 1. The summed E-state index contributed by atoms with van der Waals surface area (Å²) in [6.07, 6.45) is 1.48. The predicted molar refractivity (Wildman–Crippen MR) is 69.6 cm³/mol. The Hall–Kier alpha value is -1.33. The van der Waals surface area contributed by atoms with Crippen molar-refractivity contribution in [1.29, 1.82) is 0 Å². The highest BCUT2D eigenvalue weighted by atomic mass is 32.2. The molecule has 0 N–H and O–H groups in total. The summed E-state index contributed by atoms with van der Waals surface area (Å²) in [6, 6.07) is 7.08. The highest BCUT2D eigenvalue weighted by Crippen LogP contribution is 2.34. The Labute approximate surface area is 109 Å². The first-order chi connectivity index (χ1) is 8.35. The Bertz CT molecular complexity index is 511. The van der Waals surface area contributed by atoms with Gasteiger partial charge in [-0.2, -0.15) is 0 Å². The number of fused-ring (bicyclic) bond motifs is 1. The smallest absolute Gasteiger partial charge is 0.264 e. The molecule has 4 nitrogen and oxygen atoms in total. The number of imide groups is 1. The minimum Gasteiger partial charge on any atom is -0.615 e. The van der Waals surface area contributed by atoms with Crippen LogP contribution in [0.15, 0.2) is 24.3 Å². The molecular weight excluding hydrogens is 250 g/mol. The molecule has 5 heteroatoms. The molecule has 0 spiro atoms. The van der Waals surface area contributed by atoms with Crippen molar-refractivity contribution < 1.29 is 14.1 Å². The van der Waals surface area contributed by atoms with E-state index in [0.29, 0.717) is 5.56 Å². The predicted octanol–water partition coefficient (Wildman–Crippen LogP) is 1.28. The molecule has 1 aromatic rings. The molecule has 1 aliphatic rings. The average molecular weight is 265 g/mol. The molecular formula is C13H15NO3S. The van der Waals surface area contributed by atoms with Crippen LogP contribution in [0.2, 0.25) is 0 Å². The van der Waals surface area contributed by atoms with Crippen LogP contribution in [0.4, 0.5) is 0 Å². The van der Waals surface area contributed by atoms with Crippen LogP contribution in [0, 0.1) is 0 Å². The van der Waals surface area contributed by atoms with Crippen LogP contribution in [0.25, 0.3) is 0 Å². The SMILES string of the molecule is C[S+]([O-])CN1C(=O)c2ccccc2C(C)(C)C1=O. The molecule has 0 aromatic heterocycles. The summed E-state index contributed by atoms with van der Waals surface area (Å²) in [5.41, 5.74) is 0.495. The lowest BCUT2D eigenvalue weighted by atomic mass is 9.77. The summed E-state index contributed by atoms with van der Waals surface area (Å²) >= 11 is -1.23. The van der Waals surface area contributed by atoms with Crippen LogP contribution in [0.1, 0.15) is 29.8 Å². The highest BCUT2D eigenvalue weighted by molar-refractivity contribution is 7.90. The summed E-state index contributed by atoms with van der Waals surface area (Å²) in [7, 11) is 0. The van der Waals surface area contributed by atoms with Crippen molar-refractivity contribution in [2.24, 2.45) is 0 Å². The van der Waals surface area contributed by atoms with Crippen LogP contribution >= 0.6 is 0 Å². The molecule has 0 aliphatic carbocycles. The van der Waals surface area contributed by atoms with Gasteiger partial charge in [-0.15, -0.1) is 0 Å². The van der Waals surface area contributed by atoms with Gasteiger partial charge in [0.15, 0.2) is 5.88 Å². The van der Waals surface area contributed by atoms with Gasteiger partial charge in [-0.05, 0) is 36.7 Å². The van der Waals surface area contributed by atoms with E-state index in [0.717, 1.165) is 10.5 Å². The Balaban J connectivity index is 2.54. The second-order valence-electron chi connectivity index (χ2n) is 4.91. The van der Waals surface area contributed by atoms with Gasteiger partial charge in [-0.25, -0.2) is 4.90 Å². The normalized spacial score (nSPS) is 19.7. The number of hydrogen-bond donors (Lipinski definition) is 0. The van der Waals surface area contributed by atoms with E-state index in [9.17, 15) is 14.1 Å². The molecule has 2 amide bonds. The van der Waals surface area contributed by atoms with E-state index in [1.807, 2.05) is 6.07 Å². The van der Waals surface area contributed by atoms with Gasteiger partial charge in [0.2, 0.25) is 5.91 Å². The standard InChI is InChI=1S/C13H15NO3S/c1-13(2)10-7-5-4-6-9(10)11(15)14(12(13)16)8-18(3)17/h4-7H,8H2,1-3H3. The Kier molecular flexibility index (Phi) is 3.21. The summed E-state index contributed by atoms with van der Waals surface area (Å²) in [4.78, 5) is 25.6. The van der Waals surface area contributed by atoms with Crippen LogP contribution in [0.5, 0.6) is 0 Å². The summed E-state index contributed by atoms with van der Waals surface area (Å²) in [5, 5.41) is 0. The summed E-state index contributed by atoms with van der Waals surface area (Å²) in [5.74, 6) is -0.693. The molecule has 0 bridgehead atoms. The summed E-state index contributed by atoms with van der Waals surface area (Å²) < 4.78 is 11.3. The average Bonchev–Trinajstić information content (AvgIpc) is 2.32. The molecule has 1 aliphatic heterocycles. The Morgan fingerprint density at radius 3 is 2.50 bits per heavy atom. The number of rotatable bonds is 2. The Morgan fingerprint density at radius 1 is 1.28 bits per heavy atom. The van der Waals surface area contributed by atoms with E-state index < -0.39 is 16.6 Å². The highest BCUT2D eigenvalue weighted by Gasteiger charge is 2.45. The maximum Gasteiger partial charge on any atom is 0.264 e. The quantitative estimate of drug-likeness (QED) is 0.598. The van der Waals surface area contributed by atoms with Gasteiger partial charge >= 0.3 is 0 Å². The van der Waals surface area contributed by atoms with Crippen molar-refractivity contribution in [2.45, 2.75) is 19.3 Å². The monoisotopic (exact) mass is 265 g/mol. The van der Waals surface area contributed by atoms with Gasteiger partial charge in [0, 0.05) is 5.56 Å². The first kappa shape index (κ1) is 13.1. The fourth-order valence-electron chi connectivity index (χ4n) is 2.20. The molecule has 1 atom stereocenters. The third-order valence-electron chi connectivity index (χ3n) is 3.17. The zero-order valence-electron chi connectivity index (χ0n) is 10.6. The third kappa shape index (κ3) is 1.93. The van der Waals surface area contributed by atoms with Crippen molar-refractivity contribution in [2.75, 3.05) is 12.1 Å². The first-order valence-electron chi connectivity index (χ1n) is 5.61. The molecule has 1 aromatic carbocycles. The number of carbonyl (C=O) groups is 2. The summed E-state index contributed by atoms with van der Waals surface area (Å²) in [6.45, 7) is 3.57. The minimum atomic E-state index is -1.23. The van der Waals surface area contributed by atoms with Crippen molar-refractivity contribution in [3.63, 3.8) is 0 Å². The zero-order chi connectivity index (χ0) is 13.5. The topological polar surface area (TPSA) is 60.4 Å². The number of carbonyl (C=O) groups excluding carboxylic acids is 2. The van der Waals surface area contributed by atoms with Gasteiger partial charge in [0.1, 0.15) is 0 Å². The van der Waals surface area contributed by atoms with Crippen molar-refractivity contribution in [1.82, 2.24) is 4.90 Å². The molecule has 0 radical (unpaired) electrons. The van der Waals surface area contributed by atoms with Gasteiger partial charge in [-0.1, -0.05) is 18.2 Å². The first-order valence-corrected chi connectivity index (χ1v) is 7.34. The second-order valence-corrected chi connectivity index (χ2v) is 6.32. The number of benzene rings is 1. The minimum absolute atomic E-state index is 0.0462. The molecule has 0 saturated carbocycles. The zero-order valence-corrected chi connectivity index (χ0v) is 11.4. The van der Waals surface area contributed by atoms with Gasteiger partial charge in [0.05, 0.1) is 11.7 Å². The fourth-order valence-corrected chi connectivity index (χ4v) is 2.80. The van der Waals surface area contributed by atoms with Gasteiger partial charge in [0.25, 0.3) is 5.91 Å². The van der Waals surface area contributed by atoms with Crippen molar-refractivity contribution in [3.8, 4) is 0 Å². The van der Waals surface area contributed by atoms with Gasteiger partial charge < -0.3 is 4.55 Å². The van der Waals surface area contributed by atoms with Crippen LogP contribution in [-0.2, 0) is 21.4 Å². The molecule has 2 rings (SSSR count). The lowest BCUT2D eigenvalue weighted by molar-refractivity contribution is -0.133.